The van der Waals surface area contributed by atoms with Gasteiger partial charge in [0.2, 0.25) is 10.0 Å². The first-order valence-electron chi connectivity index (χ1n) is 8.86. The summed E-state index contributed by atoms with van der Waals surface area (Å²) in [6.07, 6.45) is 2.31. The molecule has 6 heteroatoms. The molecular weight excluding hydrogens is 348 g/mol. The highest BCUT2D eigenvalue weighted by Crippen LogP contribution is 2.20. The van der Waals surface area contributed by atoms with E-state index in [0.717, 1.165) is 30.6 Å². The summed E-state index contributed by atoms with van der Waals surface area (Å²) in [6, 6.07) is 16.2. The number of hydrogen-bond acceptors (Lipinski definition) is 4. The van der Waals surface area contributed by atoms with Crippen molar-refractivity contribution in [2.75, 3.05) is 12.8 Å². The van der Waals surface area contributed by atoms with Gasteiger partial charge in [0.05, 0.1) is 19.0 Å². The van der Waals surface area contributed by atoms with Crippen molar-refractivity contribution >= 4 is 10.0 Å². The summed E-state index contributed by atoms with van der Waals surface area (Å²) < 4.78 is 31.1. The lowest BCUT2D eigenvalue weighted by Crippen LogP contribution is -2.33. The Kier molecular flexibility index (Phi) is 6.09. The molecule has 140 valence electrons. The minimum Gasteiger partial charge on any atom is -0.372 e. The maximum atomic E-state index is 11.3. The predicted molar refractivity (Wildman–Crippen MR) is 103 cm³/mol. The van der Waals surface area contributed by atoms with Crippen molar-refractivity contribution in [3.05, 3.63) is 70.8 Å². The minimum atomic E-state index is -3.21. The van der Waals surface area contributed by atoms with E-state index >= 15 is 0 Å². The van der Waals surface area contributed by atoms with Gasteiger partial charge in [-0.2, -0.15) is 0 Å². The first-order valence-corrected chi connectivity index (χ1v) is 10.7. The van der Waals surface area contributed by atoms with Gasteiger partial charge in [-0.1, -0.05) is 48.5 Å². The Labute approximate surface area is 155 Å². The summed E-state index contributed by atoms with van der Waals surface area (Å²) in [7, 11) is -3.21. The van der Waals surface area contributed by atoms with Gasteiger partial charge in [0, 0.05) is 25.6 Å². The second-order valence-electron chi connectivity index (χ2n) is 6.89. The molecule has 3 rings (SSSR count). The SMILES string of the molecule is CC(NS(C)(=O)=O)c1ccc(CNCC2Cc3ccccc3CO2)cc1. The zero-order valence-electron chi connectivity index (χ0n) is 15.2. The topological polar surface area (TPSA) is 67.4 Å². The Balaban J connectivity index is 1.47. The third-order valence-electron chi connectivity index (χ3n) is 4.61. The van der Waals surface area contributed by atoms with Crippen LogP contribution in [0.25, 0.3) is 0 Å². The lowest BCUT2D eigenvalue weighted by molar-refractivity contribution is 0.0288. The predicted octanol–water partition coefficient (Wildman–Crippen LogP) is 2.53. The molecule has 0 aliphatic carbocycles. The second-order valence-corrected chi connectivity index (χ2v) is 8.67. The van der Waals surface area contributed by atoms with E-state index in [1.807, 2.05) is 31.2 Å². The van der Waals surface area contributed by atoms with Crippen LogP contribution in [-0.2, 0) is 34.3 Å². The van der Waals surface area contributed by atoms with Gasteiger partial charge in [-0.3, -0.25) is 0 Å². The summed E-state index contributed by atoms with van der Waals surface area (Å²) in [5, 5.41) is 3.45. The number of rotatable bonds is 7. The van der Waals surface area contributed by atoms with Crippen LogP contribution in [0.5, 0.6) is 0 Å². The van der Waals surface area contributed by atoms with Crippen molar-refractivity contribution in [3.8, 4) is 0 Å². The van der Waals surface area contributed by atoms with Gasteiger partial charge < -0.3 is 10.1 Å². The first-order chi connectivity index (χ1) is 12.4. The average Bonchev–Trinajstić information content (AvgIpc) is 2.61. The van der Waals surface area contributed by atoms with Gasteiger partial charge in [0.25, 0.3) is 0 Å². The molecule has 0 fully saturated rings. The van der Waals surface area contributed by atoms with Crippen molar-refractivity contribution in [1.29, 1.82) is 0 Å². The van der Waals surface area contributed by atoms with Crippen molar-refractivity contribution in [3.63, 3.8) is 0 Å². The third-order valence-corrected chi connectivity index (χ3v) is 5.39. The summed E-state index contributed by atoms with van der Waals surface area (Å²) in [4.78, 5) is 0. The molecule has 0 amide bonds. The lowest BCUT2D eigenvalue weighted by atomic mass is 9.99. The van der Waals surface area contributed by atoms with Crippen LogP contribution in [0.15, 0.2) is 48.5 Å². The minimum absolute atomic E-state index is 0.197. The molecule has 0 spiro atoms. The van der Waals surface area contributed by atoms with Crippen LogP contribution in [0.2, 0.25) is 0 Å². The molecule has 0 radical (unpaired) electrons. The Bertz CT molecular complexity index is 834. The molecule has 2 unspecified atom stereocenters. The molecule has 2 atom stereocenters. The fourth-order valence-electron chi connectivity index (χ4n) is 3.23. The highest BCUT2D eigenvalue weighted by Gasteiger charge is 2.18. The van der Waals surface area contributed by atoms with Crippen molar-refractivity contribution in [1.82, 2.24) is 10.0 Å². The van der Waals surface area contributed by atoms with Crippen LogP contribution in [0.4, 0.5) is 0 Å². The van der Waals surface area contributed by atoms with Crippen LogP contribution in [-0.4, -0.2) is 27.3 Å². The molecule has 5 nitrogen and oxygen atoms in total. The van der Waals surface area contributed by atoms with Crippen LogP contribution < -0.4 is 10.0 Å². The van der Waals surface area contributed by atoms with Crippen LogP contribution in [0.3, 0.4) is 0 Å². The number of hydrogen-bond donors (Lipinski definition) is 2. The smallest absolute Gasteiger partial charge is 0.209 e. The molecule has 1 heterocycles. The molecular formula is C20H26N2O3S. The zero-order valence-corrected chi connectivity index (χ0v) is 16.1. The van der Waals surface area contributed by atoms with Crippen LogP contribution in [0.1, 0.15) is 35.2 Å². The molecule has 1 aliphatic heterocycles. The molecule has 0 aromatic heterocycles. The van der Waals surface area contributed by atoms with Crippen molar-refractivity contribution < 1.29 is 13.2 Å². The maximum absolute atomic E-state index is 11.3. The molecule has 0 bridgehead atoms. The summed E-state index contributed by atoms with van der Waals surface area (Å²) >= 11 is 0. The zero-order chi connectivity index (χ0) is 18.6. The summed E-state index contributed by atoms with van der Waals surface area (Å²) in [5.74, 6) is 0. The van der Waals surface area contributed by atoms with Crippen molar-refractivity contribution in [2.45, 2.75) is 38.6 Å². The van der Waals surface area contributed by atoms with Crippen LogP contribution in [0, 0.1) is 0 Å². The Morgan fingerprint density at radius 1 is 1.12 bits per heavy atom. The Hall–Kier alpha value is -1.73. The van der Waals surface area contributed by atoms with E-state index in [9.17, 15) is 8.42 Å². The average molecular weight is 375 g/mol. The fraction of sp³-hybridized carbons (Fsp3) is 0.400. The fourth-order valence-corrected chi connectivity index (χ4v) is 4.01. The van der Waals surface area contributed by atoms with Gasteiger partial charge in [-0.25, -0.2) is 13.1 Å². The van der Waals surface area contributed by atoms with Gasteiger partial charge in [-0.15, -0.1) is 0 Å². The molecule has 1 aliphatic rings. The number of nitrogens with one attached hydrogen (secondary N) is 2. The van der Waals surface area contributed by atoms with E-state index in [4.69, 9.17) is 4.74 Å². The number of benzene rings is 2. The van der Waals surface area contributed by atoms with E-state index in [-0.39, 0.29) is 12.1 Å². The quantitative estimate of drug-likeness (QED) is 0.782. The summed E-state index contributed by atoms with van der Waals surface area (Å²) in [6.45, 7) is 4.09. The lowest BCUT2D eigenvalue weighted by Gasteiger charge is -2.25. The second kappa shape index (κ2) is 8.31. The Morgan fingerprint density at radius 2 is 1.81 bits per heavy atom. The van der Waals surface area contributed by atoms with E-state index in [2.05, 4.69) is 34.3 Å². The van der Waals surface area contributed by atoms with Gasteiger partial charge in [-0.05, 0) is 29.2 Å². The molecule has 0 saturated heterocycles. The van der Waals surface area contributed by atoms with E-state index in [0.29, 0.717) is 6.61 Å². The molecule has 26 heavy (non-hydrogen) atoms. The first kappa shape index (κ1) is 19.0. The molecule has 2 aromatic carbocycles. The largest absolute Gasteiger partial charge is 0.372 e. The standard InChI is InChI=1S/C20H26N2O3S/c1-15(22-26(2,23)24)17-9-7-16(8-10-17)12-21-13-20-11-18-5-3-4-6-19(18)14-25-20/h3-10,15,20-22H,11-14H2,1-2H3. The highest BCUT2D eigenvalue weighted by molar-refractivity contribution is 7.88. The van der Waals surface area contributed by atoms with Gasteiger partial charge >= 0.3 is 0 Å². The summed E-state index contributed by atoms with van der Waals surface area (Å²) in [5.41, 5.74) is 4.78. The Morgan fingerprint density at radius 3 is 2.50 bits per heavy atom. The number of sulfonamides is 1. The van der Waals surface area contributed by atoms with E-state index in [1.54, 1.807) is 0 Å². The van der Waals surface area contributed by atoms with Crippen molar-refractivity contribution in [2.24, 2.45) is 0 Å². The number of fused-ring (bicyclic) bond motifs is 1. The third kappa shape index (κ3) is 5.38. The van der Waals surface area contributed by atoms with Crippen LogP contribution >= 0.6 is 0 Å². The number of ether oxygens (including phenoxy) is 1. The highest BCUT2D eigenvalue weighted by atomic mass is 32.2. The van der Waals surface area contributed by atoms with E-state index < -0.39 is 10.0 Å². The van der Waals surface area contributed by atoms with E-state index in [1.165, 1.54) is 17.4 Å². The normalized spacial score (nSPS) is 18.3. The molecule has 2 aromatic rings. The van der Waals surface area contributed by atoms with Gasteiger partial charge in [0.1, 0.15) is 0 Å². The van der Waals surface area contributed by atoms with Gasteiger partial charge in [0.15, 0.2) is 0 Å². The monoisotopic (exact) mass is 374 g/mol. The maximum Gasteiger partial charge on any atom is 0.209 e. The molecule has 2 N–H and O–H groups in total. The molecule has 0 saturated carbocycles.